The molecule has 0 aromatic carbocycles. The van der Waals surface area contributed by atoms with Crippen molar-refractivity contribution in [3.63, 3.8) is 0 Å². The third-order valence-corrected chi connectivity index (χ3v) is 10.6. The molecule has 0 heterocycles. The second kappa shape index (κ2) is 41.1. The van der Waals surface area contributed by atoms with Crippen molar-refractivity contribution in [3.8, 4) is 0 Å². The topological polar surface area (TPSA) is 125 Å². The van der Waals surface area contributed by atoms with E-state index in [1.807, 2.05) is 21.1 Å². The van der Waals surface area contributed by atoms with Gasteiger partial charge < -0.3 is 24.9 Å². The predicted molar refractivity (Wildman–Crippen MR) is 259 cm³/mol. The first-order valence-electron chi connectivity index (χ1n) is 23.3. The van der Waals surface area contributed by atoms with Crippen LogP contribution in [0.2, 0.25) is 0 Å². The van der Waals surface area contributed by atoms with Crippen molar-refractivity contribution in [2.24, 2.45) is 0 Å². The molecule has 0 aromatic heterocycles. The maximum atomic E-state index is 12.9. The van der Waals surface area contributed by atoms with Gasteiger partial charge in [0.1, 0.15) is 19.3 Å². The minimum atomic E-state index is -4.45. The number of carbonyl (C=O) groups excluding carboxylic acids is 1. The highest BCUT2D eigenvalue weighted by molar-refractivity contribution is 7.47. The largest absolute Gasteiger partial charge is 0.472 e. The fourth-order valence-electron chi connectivity index (χ4n) is 5.84. The van der Waals surface area contributed by atoms with E-state index in [0.29, 0.717) is 30.3 Å². The normalized spacial score (nSPS) is 15.7. The Balaban J connectivity index is 4.56. The Hall–Kier alpha value is -2.88. The quantitative estimate of drug-likeness (QED) is 0.0209. The smallest absolute Gasteiger partial charge is 0.390 e. The van der Waals surface area contributed by atoms with E-state index in [1.165, 1.54) is 19.3 Å². The van der Waals surface area contributed by atoms with Crippen LogP contribution in [0.4, 0.5) is 0 Å². The van der Waals surface area contributed by atoms with Crippen LogP contribution in [-0.4, -0.2) is 84.6 Å². The summed E-state index contributed by atoms with van der Waals surface area (Å²) in [6.45, 7) is 4.37. The molecule has 0 radical (unpaired) electrons. The van der Waals surface area contributed by atoms with Crippen LogP contribution in [0.3, 0.4) is 0 Å². The summed E-state index contributed by atoms with van der Waals surface area (Å²) in [6.07, 6.45) is 55.9. The van der Waals surface area contributed by atoms with Gasteiger partial charge in [0.25, 0.3) is 0 Å². The number of aliphatic hydroxyl groups is 2. The number of unbranched alkanes of at least 4 members (excludes halogenated alkanes) is 8. The van der Waals surface area contributed by atoms with Crippen LogP contribution in [-0.2, 0) is 18.4 Å². The van der Waals surface area contributed by atoms with Crippen LogP contribution >= 0.6 is 7.82 Å². The van der Waals surface area contributed by atoms with Crippen LogP contribution in [0.1, 0.15) is 149 Å². The van der Waals surface area contributed by atoms with Gasteiger partial charge in [0.2, 0.25) is 5.91 Å². The molecule has 4 N–H and O–H groups in total. The highest BCUT2D eigenvalue weighted by Gasteiger charge is 2.31. The first kappa shape index (κ1) is 58.1. The minimum Gasteiger partial charge on any atom is -0.390 e. The molecule has 0 fully saturated rings. The summed E-state index contributed by atoms with van der Waals surface area (Å²) in [5.41, 5.74) is 0. The number of amides is 1. The van der Waals surface area contributed by atoms with Crippen molar-refractivity contribution < 1.29 is 38.0 Å². The number of phosphoric ester groups is 1. The number of likely N-dealkylation sites (N-methyl/N-ethyl adjacent to an activating group) is 1. The van der Waals surface area contributed by atoms with Crippen molar-refractivity contribution in [3.05, 3.63) is 109 Å². The lowest BCUT2D eigenvalue weighted by Crippen LogP contribution is -2.51. The summed E-state index contributed by atoms with van der Waals surface area (Å²) in [5, 5.41) is 24.6. The van der Waals surface area contributed by atoms with Gasteiger partial charge in [-0.2, -0.15) is 0 Å². The first-order chi connectivity index (χ1) is 29.4. The number of nitrogens with zero attached hydrogens (tertiary/aromatic N) is 1. The average Bonchev–Trinajstić information content (AvgIpc) is 3.21. The number of rotatable bonds is 40. The lowest BCUT2D eigenvalue weighted by molar-refractivity contribution is -0.870. The van der Waals surface area contributed by atoms with Crippen LogP contribution < -0.4 is 5.32 Å². The number of aliphatic hydroxyl groups excluding tert-OH is 2. The molecule has 9 nitrogen and oxygen atoms in total. The predicted octanol–water partition coefficient (Wildman–Crippen LogP) is 12.3. The third kappa shape index (κ3) is 42.2. The van der Waals surface area contributed by atoms with E-state index in [9.17, 15) is 24.5 Å². The van der Waals surface area contributed by atoms with Crippen LogP contribution in [0.25, 0.3) is 0 Å². The fourth-order valence-corrected chi connectivity index (χ4v) is 6.58. The average molecular weight is 872 g/mol. The molecule has 61 heavy (non-hydrogen) atoms. The second-order valence-corrected chi connectivity index (χ2v) is 18.0. The third-order valence-electron chi connectivity index (χ3n) is 9.57. The molecule has 0 spiro atoms. The highest BCUT2D eigenvalue weighted by Crippen LogP contribution is 2.43. The zero-order valence-electron chi connectivity index (χ0n) is 39.0. The van der Waals surface area contributed by atoms with E-state index >= 15 is 0 Å². The van der Waals surface area contributed by atoms with Gasteiger partial charge >= 0.3 is 7.82 Å². The Labute approximate surface area is 373 Å². The maximum absolute atomic E-state index is 12.9. The van der Waals surface area contributed by atoms with E-state index in [0.717, 1.165) is 89.9 Å². The summed E-state index contributed by atoms with van der Waals surface area (Å²) in [7, 11) is 1.36. The molecule has 348 valence electrons. The molecule has 0 saturated carbocycles. The summed E-state index contributed by atoms with van der Waals surface area (Å²) in [5.74, 6) is -0.311. The molecule has 1 amide bonds. The van der Waals surface area contributed by atoms with Gasteiger partial charge in [0, 0.05) is 6.42 Å². The zero-order valence-corrected chi connectivity index (χ0v) is 39.9. The molecule has 4 unspecified atom stereocenters. The van der Waals surface area contributed by atoms with Crippen molar-refractivity contribution in [1.29, 1.82) is 0 Å². The number of allylic oxidation sites excluding steroid dienone is 18. The molecule has 0 aromatic rings. The molecular weight excluding hydrogens is 784 g/mol. The lowest BCUT2D eigenvalue weighted by Gasteiger charge is -2.28. The molecule has 10 heteroatoms. The van der Waals surface area contributed by atoms with Gasteiger partial charge in [0.05, 0.1) is 39.9 Å². The Morgan fingerprint density at radius 3 is 1.52 bits per heavy atom. The van der Waals surface area contributed by atoms with Gasteiger partial charge in [-0.1, -0.05) is 142 Å². The van der Waals surface area contributed by atoms with Gasteiger partial charge in [-0.05, 0) is 109 Å². The SMILES string of the molecule is CC/C=C\C/C=C\C/C=C\C/C=C\C/C=C\C/C=C\C/C=C\CCCCCC(=O)NC(COP(=O)(O)OCC[N+](C)(C)C)C(O)C(O)CCC/C=C/CC/C=C/CCCCC. The number of hydrogen-bond acceptors (Lipinski definition) is 6. The van der Waals surface area contributed by atoms with Crippen molar-refractivity contribution in [2.45, 2.75) is 167 Å². The number of quaternary nitrogens is 1. The molecule has 0 aliphatic carbocycles. The molecule has 0 aliphatic heterocycles. The van der Waals surface area contributed by atoms with Crippen molar-refractivity contribution in [2.75, 3.05) is 40.9 Å². The standard InChI is InChI=1S/C51H87N2O7P/c1-6-8-10-12-14-16-18-20-21-22-23-24-25-26-27-28-29-30-31-32-34-36-38-40-42-44-50(55)52-48(47-60-61(57,58)59-46-45-53(3,4)5)51(56)49(54)43-41-39-37-35-33-19-17-15-13-11-9-7-2/h8,10,14-17,20-21,23-24,26-27,29-30,32,34-35,37,48-49,51,54,56H,6-7,9,11-13,18-19,22,25,28,31,33,36,38-47H2,1-5H3,(H-,52,55,57,58)/p+1/b10-8-,16-14-,17-15+,21-20-,24-23-,27-26-,30-29-,34-32-,37-35+. The first-order valence-corrected chi connectivity index (χ1v) is 24.8. The highest BCUT2D eigenvalue weighted by atomic mass is 31.2. The van der Waals surface area contributed by atoms with E-state index in [-0.39, 0.29) is 18.9 Å². The Morgan fingerprint density at radius 1 is 0.590 bits per heavy atom. The van der Waals surface area contributed by atoms with E-state index in [2.05, 4.69) is 129 Å². The lowest BCUT2D eigenvalue weighted by atomic mass is 10.0. The van der Waals surface area contributed by atoms with E-state index in [1.54, 1.807) is 0 Å². The van der Waals surface area contributed by atoms with E-state index < -0.39 is 32.7 Å². The minimum absolute atomic E-state index is 0.0000578. The second-order valence-electron chi connectivity index (χ2n) is 16.5. The van der Waals surface area contributed by atoms with Crippen LogP contribution in [0, 0.1) is 0 Å². The van der Waals surface area contributed by atoms with Gasteiger partial charge in [0.15, 0.2) is 0 Å². The molecule has 0 aliphatic rings. The Bertz CT molecular complexity index is 1370. The number of nitrogens with one attached hydrogen (secondary N) is 1. The number of carbonyl (C=O) groups is 1. The fraction of sp³-hybridized carbons (Fsp3) is 0.627. The molecular formula is C51H88N2O7P+. The monoisotopic (exact) mass is 872 g/mol. The van der Waals surface area contributed by atoms with Gasteiger partial charge in [-0.25, -0.2) is 4.57 Å². The molecule has 0 saturated heterocycles. The van der Waals surface area contributed by atoms with Gasteiger partial charge in [-0.3, -0.25) is 13.8 Å². The van der Waals surface area contributed by atoms with Crippen LogP contribution in [0.5, 0.6) is 0 Å². The Kier molecular flexibility index (Phi) is 39.2. The number of hydrogen-bond donors (Lipinski definition) is 4. The Morgan fingerprint density at radius 2 is 1.03 bits per heavy atom. The van der Waals surface area contributed by atoms with Crippen molar-refractivity contribution in [1.82, 2.24) is 5.32 Å². The van der Waals surface area contributed by atoms with E-state index in [4.69, 9.17) is 9.05 Å². The summed E-state index contributed by atoms with van der Waals surface area (Å²) < 4.78 is 23.5. The molecule has 0 rings (SSSR count). The zero-order chi connectivity index (χ0) is 45.1. The number of phosphoric acid groups is 1. The summed E-state index contributed by atoms with van der Waals surface area (Å²) >= 11 is 0. The summed E-state index contributed by atoms with van der Waals surface area (Å²) in [6, 6.07) is -1.08. The maximum Gasteiger partial charge on any atom is 0.472 e. The molecule has 0 bridgehead atoms. The van der Waals surface area contributed by atoms with Crippen molar-refractivity contribution >= 4 is 13.7 Å². The molecule has 4 atom stereocenters. The van der Waals surface area contributed by atoms with Gasteiger partial charge in [-0.15, -0.1) is 0 Å². The summed E-state index contributed by atoms with van der Waals surface area (Å²) in [4.78, 5) is 23.2. The van der Waals surface area contributed by atoms with Crippen LogP contribution in [0.15, 0.2) is 109 Å².